The number of nitrogens with one attached hydrogen (secondary N) is 1. The van der Waals surface area contributed by atoms with E-state index < -0.39 is 10.0 Å². The lowest BCUT2D eigenvalue weighted by Crippen LogP contribution is -2.32. The minimum absolute atomic E-state index is 0.165. The number of nitrogens with zero attached hydrogens (tertiary/aromatic N) is 2. The molecular weight excluding hydrogens is 370 g/mol. The number of anilines is 1. The zero-order chi connectivity index (χ0) is 18.7. The third-order valence-corrected chi connectivity index (χ3v) is 7.43. The topological polar surface area (TPSA) is 79.4 Å². The van der Waals surface area contributed by atoms with Crippen molar-refractivity contribution in [2.45, 2.75) is 44.4 Å². The molecule has 1 fully saturated rings. The quantitative estimate of drug-likeness (QED) is 0.861. The standard InChI is InChI=1S/C18H23N3O3S2/c1-13-14(2)25-18(19-13)20-17(22)15-8-7-9-16(12-15)26(23,24)21-10-5-3-4-6-11-21/h7-9,12H,3-6,10-11H2,1-2H3,(H,19,20,22). The van der Waals surface area contributed by atoms with Crippen LogP contribution >= 0.6 is 11.3 Å². The monoisotopic (exact) mass is 393 g/mol. The summed E-state index contributed by atoms with van der Waals surface area (Å²) in [7, 11) is -3.58. The molecule has 1 aromatic heterocycles. The van der Waals surface area contributed by atoms with Gasteiger partial charge < -0.3 is 0 Å². The first kappa shape index (κ1) is 19.0. The Balaban J connectivity index is 1.81. The van der Waals surface area contributed by atoms with E-state index in [0.717, 1.165) is 36.3 Å². The van der Waals surface area contributed by atoms with Crippen molar-refractivity contribution in [3.63, 3.8) is 0 Å². The first-order valence-corrected chi connectivity index (χ1v) is 11.0. The van der Waals surface area contributed by atoms with E-state index in [0.29, 0.717) is 23.8 Å². The fourth-order valence-corrected chi connectivity index (χ4v) is 5.30. The molecule has 1 amide bonds. The maximum Gasteiger partial charge on any atom is 0.257 e. The Morgan fingerprint density at radius 1 is 1.15 bits per heavy atom. The Morgan fingerprint density at radius 2 is 1.85 bits per heavy atom. The second-order valence-corrected chi connectivity index (χ2v) is 9.60. The molecule has 0 saturated carbocycles. The number of rotatable bonds is 4. The second kappa shape index (κ2) is 7.85. The van der Waals surface area contributed by atoms with Crippen LogP contribution in [-0.4, -0.2) is 36.7 Å². The van der Waals surface area contributed by atoms with Crippen molar-refractivity contribution in [2.24, 2.45) is 0 Å². The molecule has 0 bridgehead atoms. The summed E-state index contributed by atoms with van der Waals surface area (Å²) in [5, 5.41) is 3.27. The molecule has 1 aliphatic rings. The Morgan fingerprint density at radius 3 is 2.46 bits per heavy atom. The maximum atomic E-state index is 12.9. The number of hydrogen-bond donors (Lipinski definition) is 1. The van der Waals surface area contributed by atoms with Crippen LogP contribution in [0.15, 0.2) is 29.2 Å². The molecule has 2 heterocycles. The van der Waals surface area contributed by atoms with Gasteiger partial charge in [0.1, 0.15) is 0 Å². The highest BCUT2D eigenvalue weighted by atomic mass is 32.2. The van der Waals surface area contributed by atoms with E-state index in [1.54, 1.807) is 18.2 Å². The van der Waals surface area contributed by atoms with E-state index in [1.807, 2.05) is 13.8 Å². The van der Waals surface area contributed by atoms with Crippen molar-refractivity contribution in [1.82, 2.24) is 9.29 Å². The minimum atomic E-state index is -3.58. The molecule has 0 radical (unpaired) electrons. The van der Waals surface area contributed by atoms with E-state index in [4.69, 9.17) is 0 Å². The molecule has 140 valence electrons. The van der Waals surface area contributed by atoms with Gasteiger partial charge in [0.25, 0.3) is 5.91 Å². The van der Waals surface area contributed by atoms with Crippen LogP contribution in [0, 0.1) is 13.8 Å². The first-order chi connectivity index (χ1) is 12.4. The summed E-state index contributed by atoms with van der Waals surface area (Å²) in [6.45, 7) is 4.90. The van der Waals surface area contributed by atoms with Gasteiger partial charge in [0.05, 0.1) is 10.6 Å². The highest BCUT2D eigenvalue weighted by Gasteiger charge is 2.25. The van der Waals surface area contributed by atoms with Gasteiger partial charge in [0.2, 0.25) is 10.0 Å². The minimum Gasteiger partial charge on any atom is -0.298 e. The van der Waals surface area contributed by atoms with Gasteiger partial charge in [-0.25, -0.2) is 13.4 Å². The molecular formula is C18H23N3O3S2. The Labute approximate surface area is 158 Å². The fourth-order valence-electron chi connectivity index (χ4n) is 2.92. The maximum absolute atomic E-state index is 12.9. The van der Waals surface area contributed by atoms with E-state index in [2.05, 4.69) is 10.3 Å². The number of benzene rings is 1. The lowest BCUT2D eigenvalue weighted by molar-refractivity contribution is 0.102. The summed E-state index contributed by atoms with van der Waals surface area (Å²) >= 11 is 1.40. The molecule has 1 aliphatic heterocycles. The smallest absolute Gasteiger partial charge is 0.257 e. The van der Waals surface area contributed by atoms with E-state index >= 15 is 0 Å². The molecule has 0 spiro atoms. The zero-order valence-corrected chi connectivity index (χ0v) is 16.6. The van der Waals surface area contributed by atoms with Crippen LogP contribution in [0.3, 0.4) is 0 Å². The number of carbonyl (C=O) groups is 1. The van der Waals surface area contributed by atoms with E-state index in [9.17, 15) is 13.2 Å². The average Bonchev–Trinajstić information content (AvgIpc) is 2.83. The van der Waals surface area contributed by atoms with E-state index in [-0.39, 0.29) is 10.8 Å². The summed E-state index contributed by atoms with van der Waals surface area (Å²) in [5.74, 6) is -0.355. The summed E-state index contributed by atoms with van der Waals surface area (Å²) in [4.78, 5) is 18.0. The Kier molecular flexibility index (Phi) is 5.74. The molecule has 1 N–H and O–H groups in total. The number of amides is 1. The first-order valence-electron chi connectivity index (χ1n) is 8.73. The van der Waals surface area contributed by atoms with Gasteiger partial charge in [0, 0.05) is 23.5 Å². The van der Waals surface area contributed by atoms with Gasteiger partial charge >= 0.3 is 0 Å². The Bertz CT molecular complexity index is 879. The molecule has 1 aromatic carbocycles. The molecule has 1 saturated heterocycles. The molecule has 0 aliphatic carbocycles. The van der Waals surface area contributed by atoms with Crippen molar-refractivity contribution in [2.75, 3.05) is 18.4 Å². The van der Waals surface area contributed by atoms with Crippen LogP contribution in [0.4, 0.5) is 5.13 Å². The molecule has 0 unspecified atom stereocenters. The van der Waals surface area contributed by atoms with Crippen molar-refractivity contribution < 1.29 is 13.2 Å². The highest BCUT2D eigenvalue weighted by Crippen LogP contribution is 2.24. The van der Waals surface area contributed by atoms with Gasteiger partial charge in [-0.1, -0.05) is 18.9 Å². The summed E-state index contributed by atoms with van der Waals surface area (Å²) in [6.07, 6.45) is 3.87. The lowest BCUT2D eigenvalue weighted by atomic mass is 10.2. The zero-order valence-electron chi connectivity index (χ0n) is 15.0. The molecule has 6 nitrogen and oxygen atoms in total. The highest BCUT2D eigenvalue weighted by molar-refractivity contribution is 7.89. The number of thiazole rings is 1. The summed E-state index contributed by atoms with van der Waals surface area (Å²) < 4.78 is 27.3. The van der Waals surface area contributed by atoms with Crippen LogP contribution in [-0.2, 0) is 10.0 Å². The Hall–Kier alpha value is -1.77. The third-order valence-electron chi connectivity index (χ3n) is 4.55. The van der Waals surface area contributed by atoms with Crippen LogP contribution in [0.1, 0.15) is 46.6 Å². The number of hydrogen-bond acceptors (Lipinski definition) is 5. The molecule has 8 heteroatoms. The van der Waals surface area contributed by atoms with Gasteiger partial charge in [0.15, 0.2) is 5.13 Å². The number of carbonyl (C=O) groups excluding carboxylic acids is 1. The molecule has 26 heavy (non-hydrogen) atoms. The van der Waals surface area contributed by atoms with Crippen molar-refractivity contribution in [1.29, 1.82) is 0 Å². The van der Waals surface area contributed by atoms with Gasteiger partial charge in [-0.15, -0.1) is 11.3 Å². The van der Waals surface area contributed by atoms with Crippen LogP contribution < -0.4 is 5.32 Å². The second-order valence-electron chi connectivity index (χ2n) is 6.46. The molecule has 0 atom stereocenters. The SMILES string of the molecule is Cc1nc(NC(=O)c2cccc(S(=O)(=O)N3CCCCCC3)c2)sc1C. The van der Waals surface area contributed by atoms with Gasteiger partial charge in [-0.2, -0.15) is 4.31 Å². The summed E-state index contributed by atoms with van der Waals surface area (Å²) in [5.41, 5.74) is 1.19. The normalized spacial score (nSPS) is 16.2. The van der Waals surface area contributed by atoms with Gasteiger partial charge in [-0.05, 0) is 44.9 Å². The predicted octanol–water partition coefficient (Wildman–Crippen LogP) is 3.58. The largest absolute Gasteiger partial charge is 0.298 e. The molecule has 2 aromatic rings. The van der Waals surface area contributed by atoms with Crippen molar-refractivity contribution in [3.05, 3.63) is 40.4 Å². The van der Waals surface area contributed by atoms with Crippen LogP contribution in [0.5, 0.6) is 0 Å². The summed E-state index contributed by atoms with van der Waals surface area (Å²) in [6, 6.07) is 6.22. The fraction of sp³-hybridized carbons (Fsp3) is 0.444. The number of sulfonamides is 1. The number of aryl methyl sites for hydroxylation is 2. The van der Waals surface area contributed by atoms with Crippen LogP contribution in [0.25, 0.3) is 0 Å². The predicted molar refractivity (Wildman–Crippen MR) is 103 cm³/mol. The number of aromatic nitrogens is 1. The van der Waals surface area contributed by atoms with Crippen molar-refractivity contribution in [3.8, 4) is 0 Å². The van der Waals surface area contributed by atoms with E-state index in [1.165, 1.54) is 21.7 Å². The van der Waals surface area contributed by atoms with Gasteiger partial charge in [-0.3, -0.25) is 10.1 Å². The van der Waals surface area contributed by atoms with Crippen LogP contribution in [0.2, 0.25) is 0 Å². The van der Waals surface area contributed by atoms with Crippen molar-refractivity contribution >= 4 is 32.4 Å². The lowest BCUT2D eigenvalue weighted by Gasteiger charge is -2.20. The average molecular weight is 394 g/mol. The third kappa shape index (κ3) is 4.13. The molecule has 3 rings (SSSR count).